The van der Waals surface area contributed by atoms with Crippen LogP contribution in [0.3, 0.4) is 0 Å². The van der Waals surface area contributed by atoms with Gasteiger partial charge in [0.1, 0.15) is 11.5 Å². The summed E-state index contributed by atoms with van der Waals surface area (Å²) in [6, 6.07) is 15.6. The lowest BCUT2D eigenvalue weighted by Gasteiger charge is -2.09. The van der Waals surface area contributed by atoms with Gasteiger partial charge in [0, 0.05) is 18.0 Å². The third-order valence-corrected chi connectivity index (χ3v) is 4.15. The predicted octanol–water partition coefficient (Wildman–Crippen LogP) is 3.64. The molecule has 1 N–H and O–H groups in total. The van der Waals surface area contributed by atoms with E-state index in [2.05, 4.69) is 20.4 Å². The number of ether oxygens (including phenoxy) is 2. The molecule has 0 bridgehead atoms. The number of nitrogens with one attached hydrogen (secondary N) is 1. The van der Waals surface area contributed by atoms with Gasteiger partial charge in [0.05, 0.1) is 32.3 Å². The molecule has 0 aliphatic rings. The van der Waals surface area contributed by atoms with Gasteiger partial charge in [0.15, 0.2) is 5.65 Å². The van der Waals surface area contributed by atoms with E-state index in [0.29, 0.717) is 12.5 Å². The van der Waals surface area contributed by atoms with E-state index in [-0.39, 0.29) is 0 Å². The van der Waals surface area contributed by atoms with Crippen LogP contribution >= 0.6 is 0 Å². The van der Waals surface area contributed by atoms with E-state index in [1.54, 1.807) is 26.6 Å². The molecule has 2 aromatic carbocycles. The molecule has 0 aliphatic carbocycles. The molecular weight excluding hydrogens is 342 g/mol. The Morgan fingerprint density at radius 2 is 1.70 bits per heavy atom. The van der Waals surface area contributed by atoms with Crippen molar-refractivity contribution in [1.29, 1.82) is 0 Å². The Bertz CT molecular complexity index is 1040. The second-order valence-corrected chi connectivity index (χ2v) is 5.99. The second-order valence-electron chi connectivity index (χ2n) is 5.99. The highest BCUT2D eigenvalue weighted by Gasteiger charge is 2.09. The third-order valence-electron chi connectivity index (χ3n) is 4.15. The van der Waals surface area contributed by atoms with E-state index < -0.39 is 0 Å². The first-order valence-corrected chi connectivity index (χ1v) is 8.48. The number of benzene rings is 2. The lowest BCUT2D eigenvalue weighted by atomic mass is 10.2. The molecule has 0 saturated carbocycles. The van der Waals surface area contributed by atoms with Crippen LogP contribution in [-0.4, -0.2) is 34.0 Å². The molecule has 0 fully saturated rings. The minimum atomic E-state index is 0.527. The molecule has 136 valence electrons. The topological polar surface area (TPSA) is 74.1 Å². The summed E-state index contributed by atoms with van der Waals surface area (Å²) in [6.45, 7) is 0.541. The number of nitrogens with zero attached hydrogens (tertiary/aromatic N) is 4. The number of para-hydroxylation sites is 1. The lowest BCUT2D eigenvalue weighted by molar-refractivity contribution is 0.393. The van der Waals surface area contributed by atoms with Crippen molar-refractivity contribution < 1.29 is 9.47 Å². The Hall–Kier alpha value is -3.61. The zero-order chi connectivity index (χ0) is 18.6. The molecule has 27 heavy (non-hydrogen) atoms. The fraction of sp³-hybridized carbons (Fsp3) is 0.150. The van der Waals surface area contributed by atoms with Gasteiger partial charge >= 0.3 is 0 Å². The summed E-state index contributed by atoms with van der Waals surface area (Å²) in [5.41, 5.74) is 2.69. The van der Waals surface area contributed by atoms with Gasteiger partial charge in [-0.2, -0.15) is 10.1 Å². The number of hydrogen-bond acceptors (Lipinski definition) is 6. The highest BCUT2D eigenvalue weighted by Crippen LogP contribution is 2.24. The van der Waals surface area contributed by atoms with Crippen LogP contribution in [0.2, 0.25) is 0 Å². The molecule has 0 amide bonds. The number of rotatable bonds is 6. The maximum atomic E-state index is 5.34. The number of anilines is 2. The van der Waals surface area contributed by atoms with Crippen molar-refractivity contribution in [2.75, 3.05) is 19.5 Å². The Morgan fingerprint density at radius 3 is 2.41 bits per heavy atom. The number of fused-ring (bicyclic) bond motifs is 1. The van der Waals surface area contributed by atoms with Crippen molar-refractivity contribution in [2.45, 2.75) is 6.54 Å². The summed E-state index contributed by atoms with van der Waals surface area (Å²) < 4.78 is 12.5. The van der Waals surface area contributed by atoms with Crippen LogP contribution in [0.25, 0.3) is 11.0 Å². The van der Waals surface area contributed by atoms with Gasteiger partial charge in [-0.05, 0) is 29.8 Å². The fourth-order valence-corrected chi connectivity index (χ4v) is 2.82. The van der Waals surface area contributed by atoms with Crippen LogP contribution in [-0.2, 0) is 6.54 Å². The van der Waals surface area contributed by atoms with E-state index >= 15 is 0 Å². The van der Waals surface area contributed by atoms with Crippen LogP contribution < -0.4 is 14.8 Å². The number of aromatic nitrogens is 4. The molecule has 2 aromatic heterocycles. The molecule has 7 heteroatoms. The smallest absolute Gasteiger partial charge is 0.229 e. The monoisotopic (exact) mass is 361 g/mol. The first-order chi connectivity index (χ1) is 13.2. The van der Waals surface area contributed by atoms with Crippen LogP contribution in [0.15, 0.2) is 60.9 Å². The average molecular weight is 361 g/mol. The lowest BCUT2D eigenvalue weighted by Crippen LogP contribution is -2.05. The fourth-order valence-electron chi connectivity index (χ4n) is 2.82. The van der Waals surface area contributed by atoms with Gasteiger partial charge in [0.2, 0.25) is 5.95 Å². The largest absolute Gasteiger partial charge is 0.497 e. The predicted molar refractivity (Wildman–Crippen MR) is 104 cm³/mol. The molecule has 7 nitrogen and oxygen atoms in total. The van der Waals surface area contributed by atoms with E-state index in [1.807, 2.05) is 53.2 Å². The SMILES string of the molecule is COc1cc(Cn2ncc3cnc(Nc4ccccc4)nc32)cc(OC)c1. The Balaban J connectivity index is 1.65. The third kappa shape index (κ3) is 3.67. The molecule has 0 spiro atoms. The summed E-state index contributed by atoms with van der Waals surface area (Å²) in [7, 11) is 3.27. The summed E-state index contributed by atoms with van der Waals surface area (Å²) in [5.74, 6) is 2.00. The van der Waals surface area contributed by atoms with E-state index in [1.165, 1.54) is 0 Å². The number of methoxy groups -OCH3 is 2. The van der Waals surface area contributed by atoms with Gasteiger partial charge in [-0.1, -0.05) is 18.2 Å². The molecule has 0 saturated heterocycles. The first kappa shape index (κ1) is 16.8. The van der Waals surface area contributed by atoms with Crippen LogP contribution in [0.4, 0.5) is 11.6 Å². The van der Waals surface area contributed by atoms with Crippen LogP contribution in [0.5, 0.6) is 11.5 Å². The van der Waals surface area contributed by atoms with Gasteiger partial charge in [-0.15, -0.1) is 0 Å². The van der Waals surface area contributed by atoms with Crippen molar-refractivity contribution in [1.82, 2.24) is 19.7 Å². The summed E-state index contributed by atoms with van der Waals surface area (Å²) in [5, 5.41) is 8.54. The van der Waals surface area contributed by atoms with E-state index in [4.69, 9.17) is 9.47 Å². The quantitative estimate of drug-likeness (QED) is 0.565. The van der Waals surface area contributed by atoms with Crippen LogP contribution in [0, 0.1) is 0 Å². The molecule has 2 heterocycles. The minimum absolute atomic E-state index is 0.527. The molecular formula is C20H19N5O2. The van der Waals surface area contributed by atoms with Gasteiger partial charge in [-0.3, -0.25) is 0 Å². The molecule has 0 radical (unpaired) electrons. The highest BCUT2D eigenvalue weighted by atomic mass is 16.5. The van der Waals surface area contributed by atoms with Crippen molar-refractivity contribution in [3.05, 3.63) is 66.5 Å². The molecule has 0 unspecified atom stereocenters. The second kappa shape index (κ2) is 7.33. The van der Waals surface area contributed by atoms with Crippen molar-refractivity contribution in [3.63, 3.8) is 0 Å². The summed E-state index contributed by atoms with van der Waals surface area (Å²) in [6.07, 6.45) is 3.53. The Morgan fingerprint density at radius 1 is 0.963 bits per heavy atom. The zero-order valence-corrected chi connectivity index (χ0v) is 15.1. The Labute approximate surface area is 156 Å². The van der Waals surface area contributed by atoms with E-state index in [9.17, 15) is 0 Å². The molecule has 0 aliphatic heterocycles. The average Bonchev–Trinajstić information content (AvgIpc) is 3.10. The van der Waals surface area contributed by atoms with E-state index in [0.717, 1.165) is 33.8 Å². The maximum Gasteiger partial charge on any atom is 0.229 e. The maximum absolute atomic E-state index is 5.34. The minimum Gasteiger partial charge on any atom is -0.497 e. The normalized spacial score (nSPS) is 10.7. The molecule has 4 rings (SSSR count). The summed E-state index contributed by atoms with van der Waals surface area (Å²) >= 11 is 0. The summed E-state index contributed by atoms with van der Waals surface area (Å²) in [4.78, 5) is 8.99. The Kier molecular flexibility index (Phi) is 4.57. The highest BCUT2D eigenvalue weighted by molar-refractivity contribution is 5.75. The molecule has 0 atom stereocenters. The van der Waals surface area contributed by atoms with Crippen molar-refractivity contribution in [3.8, 4) is 11.5 Å². The van der Waals surface area contributed by atoms with Crippen molar-refractivity contribution >= 4 is 22.7 Å². The van der Waals surface area contributed by atoms with Crippen LogP contribution in [0.1, 0.15) is 5.56 Å². The standard InChI is InChI=1S/C20H19N5O2/c1-26-17-8-14(9-18(10-17)27-2)13-25-19-15(12-22-25)11-21-20(24-19)23-16-6-4-3-5-7-16/h3-12H,13H2,1-2H3,(H,21,23,24). The van der Waals surface area contributed by atoms with Crippen molar-refractivity contribution in [2.24, 2.45) is 0 Å². The number of hydrogen-bond donors (Lipinski definition) is 1. The van der Waals surface area contributed by atoms with Gasteiger partial charge < -0.3 is 14.8 Å². The van der Waals surface area contributed by atoms with Gasteiger partial charge in [0.25, 0.3) is 0 Å². The molecule has 4 aromatic rings. The van der Waals surface area contributed by atoms with Gasteiger partial charge in [-0.25, -0.2) is 9.67 Å². The first-order valence-electron chi connectivity index (χ1n) is 8.48. The zero-order valence-electron chi connectivity index (χ0n) is 15.1.